The van der Waals surface area contributed by atoms with Crippen LogP contribution in [-0.4, -0.2) is 62.9 Å². The fraction of sp³-hybridized carbons (Fsp3) is 0.458. The largest absolute Gasteiger partial charge is 0.497 e. The van der Waals surface area contributed by atoms with Gasteiger partial charge in [0.1, 0.15) is 5.75 Å². The topological polar surface area (TPSA) is 69.1 Å². The van der Waals surface area contributed by atoms with E-state index in [-0.39, 0.29) is 42.5 Å². The summed E-state index contributed by atoms with van der Waals surface area (Å²) in [5.41, 5.74) is 2.37. The van der Waals surface area contributed by atoms with Crippen LogP contribution in [0.15, 0.2) is 59.6 Å². The fourth-order valence-corrected chi connectivity index (χ4v) is 4.01. The van der Waals surface area contributed by atoms with Gasteiger partial charge in [-0.25, -0.2) is 0 Å². The Morgan fingerprint density at radius 3 is 2.35 bits per heavy atom. The molecule has 2 unspecified atom stereocenters. The zero-order valence-electron chi connectivity index (χ0n) is 18.5. The molecule has 0 bridgehead atoms. The number of rotatable bonds is 9. The molecule has 1 saturated heterocycles. The van der Waals surface area contributed by atoms with Crippen LogP contribution in [0.4, 0.5) is 0 Å². The van der Waals surface area contributed by atoms with Gasteiger partial charge in [-0.2, -0.15) is 0 Å². The summed E-state index contributed by atoms with van der Waals surface area (Å²) in [6.07, 6.45) is 2.48. The maximum absolute atomic E-state index is 9.81. The van der Waals surface area contributed by atoms with Crippen molar-refractivity contribution in [3.05, 3.63) is 65.7 Å². The van der Waals surface area contributed by atoms with Gasteiger partial charge in [0, 0.05) is 26.1 Å². The zero-order valence-corrected chi connectivity index (χ0v) is 20.8. The van der Waals surface area contributed by atoms with Gasteiger partial charge in [0.25, 0.3) is 0 Å². The van der Waals surface area contributed by atoms with Crippen LogP contribution in [0.3, 0.4) is 0 Å². The average molecular weight is 538 g/mol. The Labute approximate surface area is 203 Å². The van der Waals surface area contributed by atoms with Crippen LogP contribution >= 0.6 is 24.0 Å². The molecule has 1 aliphatic rings. The van der Waals surface area contributed by atoms with Crippen molar-refractivity contribution in [2.45, 2.75) is 24.8 Å². The summed E-state index contributed by atoms with van der Waals surface area (Å²) in [6, 6.07) is 18.7. The van der Waals surface area contributed by atoms with Crippen LogP contribution in [-0.2, 0) is 0 Å². The lowest BCUT2D eigenvalue weighted by Gasteiger charge is -2.29. The van der Waals surface area contributed by atoms with Crippen LogP contribution in [0.5, 0.6) is 5.75 Å². The number of aliphatic hydroxyl groups is 1. The van der Waals surface area contributed by atoms with Crippen molar-refractivity contribution in [1.82, 2.24) is 15.5 Å². The number of nitrogens with one attached hydrogen (secondary N) is 2. The van der Waals surface area contributed by atoms with E-state index >= 15 is 0 Å². The van der Waals surface area contributed by atoms with Crippen LogP contribution in [0, 0.1) is 0 Å². The lowest BCUT2D eigenvalue weighted by atomic mass is 10.0. The van der Waals surface area contributed by atoms with Gasteiger partial charge in [0.15, 0.2) is 5.96 Å². The van der Waals surface area contributed by atoms with Crippen molar-refractivity contribution >= 4 is 29.9 Å². The van der Waals surface area contributed by atoms with Crippen molar-refractivity contribution in [2.24, 2.45) is 4.99 Å². The van der Waals surface area contributed by atoms with Gasteiger partial charge < -0.3 is 20.5 Å². The molecular weight excluding hydrogens is 503 g/mol. The Hall–Kier alpha value is -1.84. The second-order valence-corrected chi connectivity index (χ2v) is 7.66. The highest BCUT2D eigenvalue weighted by Crippen LogP contribution is 2.27. The fourth-order valence-electron chi connectivity index (χ4n) is 4.01. The molecule has 1 aliphatic heterocycles. The van der Waals surface area contributed by atoms with E-state index in [0.717, 1.165) is 36.9 Å². The first-order chi connectivity index (χ1) is 14.7. The smallest absolute Gasteiger partial charge is 0.191 e. The molecule has 1 fully saturated rings. The molecule has 170 valence electrons. The van der Waals surface area contributed by atoms with Gasteiger partial charge in [-0.1, -0.05) is 42.5 Å². The van der Waals surface area contributed by atoms with Crippen molar-refractivity contribution in [2.75, 3.05) is 46.9 Å². The van der Waals surface area contributed by atoms with Crippen LogP contribution in [0.1, 0.15) is 35.9 Å². The van der Waals surface area contributed by atoms with E-state index in [0.29, 0.717) is 6.54 Å². The molecule has 6 nitrogen and oxygen atoms in total. The number of hydrogen-bond donors (Lipinski definition) is 3. The summed E-state index contributed by atoms with van der Waals surface area (Å²) in [6.45, 7) is 3.68. The average Bonchev–Trinajstić information content (AvgIpc) is 3.33. The quantitative estimate of drug-likeness (QED) is 0.260. The second-order valence-electron chi connectivity index (χ2n) is 7.66. The Morgan fingerprint density at radius 1 is 1.03 bits per heavy atom. The van der Waals surface area contributed by atoms with Gasteiger partial charge in [0.2, 0.25) is 0 Å². The maximum Gasteiger partial charge on any atom is 0.191 e. The lowest BCUT2D eigenvalue weighted by molar-refractivity contribution is 0.244. The molecule has 3 N–H and O–H groups in total. The first-order valence-corrected chi connectivity index (χ1v) is 10.7. The Bertz CT molecular complexity index is 797. The van der Waals surface area contributed by atoms with Crippen molar-refractivity contribution in [3.8, 4) is 5.75 Å². The Morgan fingerprint density at radius 2 is 1.71 bits per heavy atom. The lowest BCUT2D eigenvalue weighted by Crippen LogP contribution is -2.44. The van der Waals surface area contributed by atoms with Gasteiger partial charge in [-0.15, -0.1) is 24.0 Å². The van der Waals surface area contributed by atoms with E-state index < -0.39 is 0 Å². The molecule has 0 amide bonds. The molecule has 0 radical (unpaired) electrons. The third-order valence-corrected chi connectivity index (χ3v) is 5.75. The van der Waals surface area contributed by atoms with Gasteiger partial charge >= 0.3 is 0 Å². The monoisotopic (exact) mass is 538 g/mol. The van der Waals surface area contributed by atoms with Crippen molar-refractivity contribution in [1.29, 1.82) is 0 Å². The number of aliphatic hydroxyl groups excluding tert-OH is 1. The first kappa shape index (κ1) is 25.4. The maximum atomic E-state index is 9.81. The zero-order chi connectivity index (χ0) is 21.2. The van der Waals surface area contributed by atoms with E-state index in [1.165, 1.54) is 18.4 Å². The number of guanidine groups is 1. The third-order valence-electron chi connectivity index (χ3n) is 5.75. The van der Waals surface area contributed by atoms with Gasteiger partial charge in [0.05, 0.1) is 19.8 Å². The Balaban J connectivity index is 0.00000341. The molecule has 0 saturated carbocycles. The summed E-state index contributed by atoms with van der Waals surface area (Å²) < 4.78 is 5.44. The highest BCUT2D eigenvalue weighted by molar-refractivity contribution is 14.0. The number of halogens is 1. The molecule has 2 atom stereocenters. The molecule has 3 rings (SSSR count). The van der Waals surface area contributed by atoms with Crippen LogP contribution in [0.25, 0.3) is 0 Å². The molecule has 0 spiro atoms. The molecule has 2 aromatic rings. The number of likely N-dealkylation sites (tertiary alicyclic amines) is 1. The summed E-state index contributed by atoms with van der Waals surface area (Å²) >= 11 is 0. The van der Waals surface area contributed by atoms with Crippen molar-refractivity contribution in [3.63, 3.8) is 0 Å². The molecule has 0 aromatic heterocycles. The summed E-state index contributed by atoms with van der Waals surface area (Å²) in [7, 11) is 3.49. The number of aliphatic imine (C=N–C) groups is 1. The molecule has 31 heavy (non-hydrogen) atoms. The molecular formula is C24H35IN4O2. The van der Waals surface area contributed by atoms with Gasteiger partial charge in [-0.3, -0.25) is 9.89 Å². The number of methoxy groups -OCH3 is 1. The minimum atomic E-state index is 0. The predicted molar refractivity (Wildman–Crippen MR) is 138 cm³/mol. The van der Waals surface area contributed by atoms with E-state index in [9.17, 15) is 5.11 Å². The highest BCUT2D eigenvalue weighted by atomic mass is 127. The minimum Gasteiger partial charge on any atom is -0.497 e. The molecule has 2 aromatic carbocycles. The molecule has 0 aliphatic carbocycles. The van der Waals surface area contributed by atoms with E-state index in [2.05, 4.69) is 38.7 Å². The number of hydrogen-bond acceptors (Lipinski definition) is 4. The van der Waals surface area contributed by atoms with E-state index in [1.807, 2.05) is 36.4 Å². The number of ether oxygens (including phenoxy) is 1. The summed E-state index contributed by atoms with van der Waals surface area (Å²) in [5.74, 6) is 1.65. The summed E-state index contributed by atoms with van der Waals surface area (Å²) in [4.78, 5) is 6.91. The normalized spacial score (nSPS) is 16.3. The standard InChI is InChI=1S/C24H34N4O2.HI/c1-25-24(26-16-21(18-29)19-9-4-3-5-10-19)27-17-23(28-13-6-7-14-28)20-11-8-12-22(15-20)30-2;/h3-5,8-12,15,21,23,29H,6-7,13-14,16-18H2,1-2H3,(H2,25,26,27);1H. The number of benzene rings is 2. The third kappa shape index (κ3) is 7.36. The Kier molecular flexibility index (Phi) is 11.1. The van der Waals surface area contributed by atoms with Crippen LogP contribution in [0.2, 0.25) is 0 Å². The second kappa shape index (κ2) is 13.5. The first-order valence-electron chi connectivity index (χ1n) is 10.7. The molecule has 1 heterocycles. The predicted octanol–water partition coefficient (Wildman–Crippen LogP) is 3.39. The van der Waals surface area contributed by atoms with Crippen molar-refractivity contribution < 1.29 is 9.84 Å². The van der Waals surface area contributed by atoms with E-state index in [4.69, 9.17) is 4.74 Å². The van der Waals surface area contributed by atoms with Gasteiger partial charge in [-0.05, 0) is 49.2 Å². The summed E-state index contributed by atoms with van der Waals surface area (Å²) in [5, 5.41) is 16.7. The minimum absolute atomic E-state index is 0. The number of nitrogens with zero attached hydrogens (tertiary/aromatic N) is 2. The van der Waals surface area contributed by atoms with E-state index in [1.54, 1.807) is 14.2 Å². The SMILES string of the molecule is CN=C(NCC(CO)c1ccccc1)NCC(c1cccc(OC)c1)N1CCCC1.I. The molecule has 7 heteroatoms. The highest BCUT2D eigenvalue weighted by Gasteiger charge is 2.24. The van der Waals surface area contributed by atoms with Crippen LogP contribution < -0.4 is 15.4 Å².